The summed E-state index contributed by atoms with van der Waals surface area (Å²) in [7, 11) is 1.60. The first-order valence-electron chi connectivity index (χ1n) is 9.03. The fraction of sp³-hybridized carbons (Fsp3) is 0.333. The normalized spacial score (nSPS) is 11.7. The van der Waals surface area contributed by atoms with Crippen LogP contribution in [0.1, 0.15) is 41.4 Å². The summed E-state index contributed by atoms with van der Waals surface area (Å²) >= 11 is 0. The zero-order chi connectivity index (χ0) is 20.5. The summed E-state index contributed by atoms with van der Waals surface area (Å²) in [4.78, 5) is 23.0. The van der Waals surface area contributed by atoms with E-state index in [0.29, 0.717) is 5.75 Å². The second kappa shape index (κ2) is 10.3. The molecule has 2 aromatic carbocycles. The minimum absolute atomic E-state index is 0.0208. The standard InChI is InChI=1S/C21H26N2O5/c1-14(2)28-19(17-6-4-5-7-18(17)27-3)13-23-21(26)22-12-15-8-10-16(11-9-15)20(24)25/h4-11,14,19H,12-13H2,1-3H3,(H,24,25)(H2,22,23,26). The first-order valence-corrected chi connectivity index (χ1v) is 9.03. The predicted octanol–water partition coefficient (Wildman–Crippen LogP) is 3.36. The Morgan fingerprint density at radius 1 is 1.04 bits per heavy atom. The molecular formula is C21H26N2O5. The highest BCUT2D eigenvalue weighted by Crippen LogP contribution is 2.27. The second-order valence-electron chi connectivity index (χ2n) is 6.48. The maximum Gasteiger partial charge on any atom is 0.335 e. The Balaban J connectivity index is 1.93. The topological polar surface area (TPSA) is 96.9 Å². The first-order chi connectivity index (χ1) is 13.4. The second-order valence-corrected chi connectivity index (χ2v) is 6.48. The van der Waals surface area contributed by atoms with E-state index in [9.17, 15) is 9.59 Å². The van der Waals surface area contributed by atoms with Crippen LogP contribution < -0.4 is 15.4 Å². The van der Waals surface area contributed by atoms with E-state index >= 15 is 0 Å². The van der Waals surface area contributed by atoms with Gasteiger partial charge in [-0.15, -0.1) is 0 Å². The summed E-state index contributed by atoms with van der Waals surface area (Å²) in [6.45, 7) is 4.44. The monoisotopic (exact) mass is 386 g/mol. The average Bonchev–Trinajstić information content (AvgIpc) is 2.69. The lowest BCUT2D eigenvalue weighted by Gasteiger charge is -2.23. The van der Waals surface area contributed by atoms with E-state index < -0.39 is 5.97 Å². The van der Waals surface area contributed by atoms with Crippen LogP contribution in [0.5, 0.6) is 5.75 Å². The van der Waals surface area contributed by atoms with E-state index in [0.717, 1.165) is 11.1 Å². The zero-order valence-corrected chi connectivity index (χ0v) is 16.3. The lowest BCUT2D eigenvalue weighted by atomic mass is 10.1. The molecule has 1 unspecified atom stereocenters. The Kier molecular flexibility index (Phi) is 7.83. The van der Waals surface area contributed by atoms with Crippen molar-refractivity contribution < 1.29 is 24.2 Å². The highest BCUT2D eigenvalue weighted by Gasteiger charge is 2.19. The molecule has 0 spiro atoms. The summed E-state index contributed by atoms with van der Waals surface area (Å²) in [5.41, 5.74) is 1.88. The Labute approximate surface area is 164 Å². The van der Waals surface area contributed by atoms with Crippen LogP contribution in [0.25, 0.3) is 0 Å². The summed E-state index contributed by atoms with van der Waals surface area (Å²) in [5.74, 6) is -0.279. The number of para-hydroxylation sites is 1. The molecule has 3 N–H and O–H groups in total. The van der Waals surface area contributed by atoms with Crippen LogP contribution in [0.2, 0.25) is 0 Å². The molecule has 2 aromatic rings. The minimum atomic E-state index is -0.982. The van der Waals surface area contributed by atoms with E-state index in [-0.39, 0.29) is 36.9 Å². The van der Waals surface area contributed by atoms with Crippen LogP contribution in [0.4, 0.5) is 4.79 Å². The molecule has 7 nitrogen and oxygen atoms in total. The smallest absolute Gasteiger partial charge is 0.335 e. The lowest BCUT2D eigenvalue weighted by Crippen LogP contribution is -2.38. The number of amides is 2. The van der Waals surface area contributed by atoms with Crippen LogP contribution in [0.15, 0.2) is 48.5 Å². The Hall–Kier alpha value is -3.06. The predicted molar refractivity (Wildman–Crippen MR) is 106 cm³/mol. The summed E-state index contributed by atoms with van der Waals surface area (Å²) in [6.07, 6.45) is -0.371. The molecule has 1 atom stereocenters. The maximum atomic E-state index is 12.2. The number of urea groups is 1. The van der Waals surface area contributed by atoms with Gasteiger partial charge in [0, 0.05) is 18.7 Å². The molecule has 0 saturated heterocycles. The number of ether oxygens (including phenoxy) is 2. The molecule has 0 bridgehead atoms. The van der Waals surface area contributed by atoms with Gasteiger partial charge in [-0.3, -0.25) is 0 Å². The Bertz CT molecular complexity index is 790. The Morgan fingerprint density at radius 3 is 2.32 bits per heavy atom. The lowest BCUT2D eigenvalue weighted by molar-refractivity contribution is 0.00733. The number of carbonyl (C=O) groups excluding carboxylic acids is 1. The summed E-state index contributed by atoms with van der Waals surface area (Å²) < 4.78 is 11.3. The number of carbonyl (C=O) groups is 2. The highest BCUT2D eigenvalue weighted by molar-refractivity contribution is 5.87. The van der Waals surface area contributed by atoms with Crippen molar-refractivity contribution >= 4 is 12.0 Å². The molecule has 0 aromatic heterocycles. The van der Waals surface area contributed by atoms with E-state index in [4.69, 9.17) is 14.6 Å². The minimum Gasteiger partial charge on any atom is -0.496 e. The SMILES string of the molecule is COc1ccccc1C(CNC(=O)NCc1ccc(C(=O)O)cc1)OC(C)C. The number of hydrogen-bond donors (Lipinski definition) is 3. The van der Waals surface area contributed by atoms with Gasteiger partial charge in [0.2, 0.25) is 0 Å². The van der Waals surface area contributed by atoms with Gasteiger partial charge in [-0.1, -0.05) is 30.3 Å². The van der Waals surface area contributed by atoms with E-state index in [1.165, 1.54) is 12.1 Å². The number of benzene rings is 2. The van der Waals surface area contributed by atoms with Crippen LogP contribution >= 0.6 is 0 Å². The van der Waals surface area contributed by atoms with Crippen molar-refractivity contribution in [3.05, 3.63) is 65.2 Å². The fourth-order valence-corrected chi connectivity index (χ4v) is 2.69. The van der Waals surface area contributed by atoms with Gasteiger partial charge in [-0.25, -0.2) is 9.59 Å². The molecule has 0 aliphatic rings. The quantitative estimate of drug-likeness (QED) is 0.614. The van der Waals surface area contributed by atoms with Gasteiger partial charge >= 0.3 is 12.0 Å². The molecule has 2 rings (SSSR count). The molecule has 2 amide bonds. The van der Waals surface area contributed by atoms with Crippen molar-refractivity contribution in [2.24, 2.45) is 0 Å². The van der Waals surface area contributed by atoms with Gasteiger partial charge in [-0.2, -0.15) is 0 Å². The van der Waals surface area contributed by atoms with Crippen molar-refractivity contribution in [2.45, 2.75) is 32.6 Å². The number of carboxylic acids is 1. The molecule has 0 aliphatic carbocycles. The van der Waals surface area contributed by atoms with Gasteiger partial charge in [0.05, 0.1) is 18.8 Å². The molecule has 150 valence electrons. The van der Waals surface area contributed by atoms with Gasteiger partial charge in [0.15, 0.2) is 0 Å². The number of nitrogens with one attached hydrogen (secondary N) is 2. The molecular weight excluding hydrogens is 360 g/mol. The van der Waals surface area contributed by atoms with Crippen molar-refractivity contribution in [3.63, 3.8) is 0 Å². The zero-order valence-electron chi connectivity index (χ0n) is 16.3. The summed E-state index contributed by atoms with van der Waals surface area (Å²) in [5, 5.41) is 14.5. The molecule has 28 heavy (non-hydrogen) atoms. The van der Waals surface area contributed by atoms with Gasteiger partial charge in [0.25, 0.3) is 0 Å². The molecule has 0 fully saturated rings. The fourth-order valence-electron chi connectivity index (χ4n) is 2.69. The number of carboxylic acid groups (broad SMARTS) is 1. The number of hydrogen-bond acceptors (Lipinski definition) is 4. The highest BCUT2D eigenvalue weighted by atomic mass is 16.5. The van der Waals surface area contributed by atoms with Crippen molar-refractivity contribution in [3.8, 4) is 5.75 Å². The number of aromatic carboxylic acids is 1. The number of rotatable bonds is 9. The van der Waals surface area contributed by atoms with Crippen molar-refractivity contribution in [2.75, 3.05) is 13.7 Å². The van der Waals surface area contributed by atoms with Gasteiger partial charge in [-0.05, 0) is 37.6 Å². The van der Waals surface area contributed by atoms with Crippen molar-refractivity contribution in [1.29, 1.82) is 0 Å². The molecule has 0 heterocycles. The summed E-state index contributed by atoms with van der Waals surface area (Å²) in [6, 6.07) is 13.6. The van der Waals surface area contributed by atoms with E-state index in [1.807, 2.05) is 38.1 Å². The van der Waals surface area contributed by atoms with E-state index in [2.05, 4.69) is 10.6 Å². The Morgan fingerprint density at radius 2 is 1.71 bits per heavy atom. The first kappa shape index (κ1) is 21.2. The molecule has 7 heteroatoms. The number of methoxy groups -OCH3 is 1. The third kappa shape index (κ3) is 6.28. The third-order valence-electron chi connectivity index (χ3n) is 4.02. The largest absolute Gasteiger partial charge is 0.496 e. The van der Waals surface area contributed by atoms with Crippen molar-refractivity contribution in [1.82, 2.24) is 10.6 Å². The van der Waals surface area contributed by atoms with Gasteiger partial charge < -0.3 is 25.2 Å². The van der Waals surface area contributed by atoms with Crippen LogP contribution in [0.3, 0.4) is 0 Å². The van der Waals surface area contributed by atoms with Crippen LogP contribution in [-0.2, 0) is 11.3 Å². The van der Waals surface area contributed by atoms with Gasteiger partial charge in [0.1, 0.15) is 11.9 Å². The molecule has 0 saturated carbocycles. The van der Waals surface area contributed by atoms with Crippen LogP contribution in [0, 0.1) is 0 Å². The van der Waals surface area contributed by atoms with E-state index in [1.54, 1.807) is 19.2 Å². The third-order valence-corrected chi connectivity index (χ3v) is 4.02. The average molecular weight is 386 g/mol. The maximum absolute atomic E-state index is 12.2. The van der Waals surface area contributed by atoms with Crippen LogP contribution in [-0.4, -0.2) is 36.9 Å². The molecule has 0 aliphatic heterocycles. The molecule has 0 radical (unpaired) electrons.